The van der Waals surface area contributed by atoms with Crippen molar-refractivity contribution in [2.45, 2.75) is 17.6 Å². The first-order valence-corrected chi connectivity index (χ1v) is 7.68. The quantitative estimate of drug-likeness (QED) is 0.745. The van der Waals surface area contributed by atoms with Gasteiger partial charge in [0.05, 0.1) is 24.3 Å². The van der Waals surface area contributed by atoms with E-state index in [1.807, 2.05) is 0 Å². The normalized spacial score (nSPS) is 20.0. The SMILES string of the molecule is O=c1ncc2cc(C(F)(F)F)cc3c2n1CC1(COC1)CS3. The Balaban J connectivity index is 1.99. The second kappa shape index (κ2) is 4.48. The largest absolute Gasteiger partial charge is 0.416 e. The van der Waals surface area contributed by atoms with Gasteiger partial charge in [0.2, 0.25) is 0 Å². The Labute approximate surface area is 127 Å². The molecule has 3 heterocycles. The predicted molar refractivity (Wildman–Crippen MR) is 75.0 cm³/mol. The fraction of sp³-hybridized carbons (Fsp3) is 0.429. The zero-order chi connectivity index (χ0) is 15.5. The molecule has 0 radical (unpaired) electrons. The Morgan fingerprint density at radius 3 is 2.73 bits per heavy atom. The maximum Gasteiger partial charge on any atom is 0.416 e. The van der Waals surface area contributed by atoms with Crippen LogP contribution >= 0.6 is 11.8 Å². The topological polar surface area (TPSA) is 44.1 Å². The molecule has 2 aliphatic rings. The Morgan fingerprint density at radius 1 is 1.32 bits per heavy atom. The van der Waals surface area contributed by atoms with E-state index in [9.17, 15) is 18.0 Å². The molecule has 8 heteroatoms. The minimum atomic E-state index is -4.42. The van der Waals surface area contributed by atoms with Crippen LogP contribution in [-0.4, -0.2) is 28.5 Å². The number of ether oxygens (including phenoxy) is 1. The van der Waals surface area contributed by atoms with Gasteiger partial charge in [-0.1, -0.05) is 0 Å². The van der Waals surface area contributed by atoms with Crippen LogP contribution in [0.5, 0.6) is 0 Å². The third kappa shape index (κ3) is 2.04. The maximum absolute atomic E-state index is 13.0. The average molecular weight is 328 g/mol. The number of alkyl halides is 3. The lowest BCUT2D eigenvalue weighted by Gasteiger charge is -2.40. The van der Waals surface area contributed by atoms with Crippen molar-refractivity contribution in [2.24, 2.45) is 5.41 Å². The fourth-order valence-corrected chi connectivity index (χ4v) is 4.20. The van der Waals surface area contributed by atoms with E-state index < -0.39 is 17.4 Å². The Bertz CT molecular complexity index is 827. The predicted octanol–water partition coefficient (Wildman–Crippen LogP) is 2.54. The standard InChI is InChI=1S/C14H11F3N2O2S/c15-14(16,17)9-1-8-3-18-12(20)19-4-13(5-21-6-13)7-22-10(2-9)11(8)19/h1-3H,4-7H2. The summed E-state index contributed by atoms with van der Waals surface area (Å²) in [6, 6.07) is 2.18. The molecule has 4 nitrogen and oxygen atoms in total. The molecule has 0 aliphatic carbocycles. The molecule has 0 N–H and O–H groups in total. The van der Waals surface area contributed by atoms with Gasteiger partial charge in [-0.25, -0.2) is 9.78 Å². The second-order valence-electron chi connectivity index (χ2n) is 5.82. The minimum absolute atomic E-state index is 0.193. The van der Waals surface area contributed by atoms with Crippen molar-refractivity contribution < 1.29 is 17.9 Å². The summed E-state index contributed by atoms with van der Waals surface area (Å²) in [4.78, 5) is 16.3. The third-order valence-corrected chi connectivity index (χ3v) is 5.47. The van der Waals surface area contributed by atoms with Crippen LogP contribution in [0.4, 0.5) is 13.2 Å². The number of rotatable bonds is 0. The number of aromatic nitrogens is 2. The van der Waals surface area contributed by atoms with Crippen LogP contribution in [0, 0.1) is 5.41 Å². The first-order chi connectivity index (χ1) is 10.4. The smallest absolute Gasteiger partial charge is 0.380 e. The van der Waals surface area contributed by atoms with Gasteiger partial charge in [-0.3, -0.25) is 4.57 Å². The lowest BCUT2D eigenvalue weighted by atomic mass is 9.88. The number of hydrogen-bond acceptors (Lipinski definition) is 4. The molecule has 116 valence electrons. The molecular formula is C14H11F3N2O2S. The van der Waals surface area contributed by atoms with Gasteiger partial charge in [0.1, 0.15) is 0 Å². The maximum atomic E-state index is 13.0. The molecule has 0 bridgehead atoms. The summed E-state index contributed by atoms with van der Waals surface area (Å²) in [7, 11) is 0. The highest BCUT2D eigenvalue weighted by Crippen LogP contribution is 2.43. The van der Waals surface area contributed by atoms with Crippen molar-refractivity contribution in [3.63, 3.8) is 0 Å². The van der Waals surface area contributed by atoms with E-state index in [1.54, 1.807) is 0 Å². The van der Waals surface area contributed by atoms with Crippen LogP contribution < -0.4 is 5.69 Å². The van der Waals surface area contributed by atoms with E-state index in [-0.39, 0.29) is 5.41 Å². The van der Waals surface area contributed by atoms with Crippen LogP contribution in [0.25, 0.3) is 10.9 Å². The molecule has 0 saturated carbocycles. The number of benzene rings is 1. The van der Waals surface area contributed by atoms with Gasteiger partial charge in [-0.2, -0.15) is 13.2 Å². The molecule has 1 saturated heterocycles. The summed E-state index contributed by atoms with van der Waals surface area (Å²) in [5.74, 6) is 0.629. The summed E-state index contributed by atoms with van der Waals surface area (Å²) in [5.41, 5.74) is -0.790. The van der Waals surface area contributed by atoms with Crippen LogP contribution in [0.3, 0.4) is 0 Å². The van der Waals surface area contributed by atoms with Crippen molar-refractivity contribution in [1.29, 1.82) is 0 Å². The Morgan fingerprint density at radius 2 is 2.09 bits per heavy atom. The van der Waals surface area contributed by atoms with Crippen molar-refractivity contribution in [1.82, 2.24) is 9.55 Å². The molecule has 1 spiro atoms. The zero-order valence-electron chi connectivity index (χ0n) is 11.3. The fourth-order valence-electron chi connectivity index (χ4n) is 2.90. The second-order valence-corrected chi connectivity index (χ2v) is 6.84. The number of thioether (sulfide) groups is 1. The van der Waals surface area contributed by atoms with E-state index in [0.717, 1.165) is 12.1 Å². The monoisotopic (exact) mass is 328 g/mol. The van der Waals surface area contributed by atoms with Gasteiger partial charge < -0.3 is 4.74 Å². The lowest BCUT2D eigenvalue weighted by Crippen LogP contribution is -2.49. The number of nitrogens with zero attached hydrogens (tertiary/aromatic N) is 2. The highest BCUT2D eigenvalue weighted by molar-refractivity contribution is 7.99. The molecule has 1 aromatic heterocycles. The van der Waals surface area contributed by atoms with Crippen molar-refractivity contribution >= 4 is 22.7 Å². The van der Waals surface area contributed by atoms with Gasteiger partial charge in [0.15, 0.2) is 0 Å². The van der Waals surface area contributed by atoms with Crippen LogP contribution in [0.1, 0.15) is 5.56 Å². The van der Waals surface area contributed by atoms with Crippen molar-refractivity contribution in [3.8, 4) is 0 Å². The summed E-state index contributed by atoms with van der Waals surface area (Å²) >= 11 is 1.36. The zero-order valence-corrected chi connectivity index (χ0v) is 12.1. The lowest BCUT2D eigenvalue weighted by molar-refractivity contribution is -0.137. The number of hydrogen-bond donors (Lipinski definition) is 0. The molecule has 1 aromatic carbocycles. The molecule has 1 fully saturated rings. The van der Waals surface area contributed by atoms with Gasteiger partial charge in [-0.15, -0.1) is 11.8 Å². The summed E-state index contributed by atoms with van der Waals surface area (Å²) in [6.45, 7) is 1.47. The highest BCUT2D eigenvalue weighted by atomic mass is 32.2. The van der Waals surface area contributed by atoms with Crippen molar-refractivity contribution in [3.05, 3.63) is 34.4 Å². The first kappa shape index (κ1) is 14.1. The van der Waals surface area contributed by atoms with E-state index in [4.69, 9.17) is 4.74 Å². The summed E-state index contributed by atoms with van der Waals surface area (Å²) in [5, 5.41) is 0.342. The van der Waals surface area contributed by atoms with Gasteiger partial charge in [0.25, 0.3) is 0 Å². The van der Waals surface area contributed by atoms with E-state index in [1.165, 1.54) is 22.5 Å². The van der Waals surface area contributed by atoms with Crippen LogP contribution in [0.2, 0.25) is 0 Å². The van der Waals surface area contributed by atoms with Gasteiger partial charge >= 0.3 is 11.9 Å². The van der Waals surface area contributed by atoms with Crippen LogP contribution in [0.15, 0.2) is 28.0 Å². The highest BCUT2D eigenvalue weighted by Gasteiger charge is 2.42. The summed E-state index contributed by atoms with van der Waals surface area (Å²) < 4.78 is 45.9. The molecule has 4 rings (SSSR count). The third-order valence-electron chi connectivity index (χ3n) is 4.09. The Hall–Kier alpha value is -1.54. The summed E-state index contributed by atoms with van der Waals surface area (Å²) in [6.07, 6.45) is -3.20. The first-order valence-electron chi connectivity index (χ1n) is 6.69. The molecule has 0 atom stereocenters. The van der Waals surface area contributed by atoms with E-state index in [2.05, 4.69) is 4.98 Å². The van der Waals surface area contributed by atoms with Gasteiger partial charge in [-0.05, 0) is 12.1 Å². The number of halogens is 3. The minimum Gasteiger partial charge on any atom is -0.380 e. The molecule has 2 aromatic rings. The van der Waals surface area contributed by atoms with E-state index >= 15 is 0 Å². The van der Waals surface area contributed by atoms with E-state index in [0.29, 0.717) is 41.3 Å². The molecular weight excluding hydrogens is 317 g/mol. The molecule has 0 amide bonds. The molecule has 22 heavy (non-hydrogen) atoms. The van der Waals surface area contributed by atoms with Crippen molar-refractivity contribution in [2.75, 3.05) is 19.0 Å². The Kier molecular flexibility index (Phi) is 2.87. The average Bonchev–Trinajstić information content (AvgIpc) is 2.60. The molecule has 2 aliphatic heterocycles. The molecule has 0 unspecified atom stereocenters. The van der Waals surface area contributed by atoms with Crippen LogP contribution in [-0.2, 0) is 17.5 Å². The van der Waals surface area contributed by atoms with Gasteiger partial charge in [0, 0.05) is 34.2 Å².